The van der Waals surface area contributed by atoms with E-state index in [4.69, 9.17) is 4.99 Å². The molecule has 0 spiro atoms. The summed E-state index contributed by atoms with van der Waals surface area (Å²) in [5, 5.41) is 41.5. The first kappa shape index (κ1) is 37.1. The lowest BCUT2D eigenvalue weighted by Crippen LogP contribution is -2.22. The number of benzene rings is 4. The average molecular weight is 793 g/mol. The molecule has 292 valence electrons. The van der Waals surface area contributed by atoms with Gasteiger partial charge in [0, 0.05) is 55.1 Å². The number of hydrogen-bond acceptors (Lipinski definition) is 5. The first-order chi connectivity index (χ1) is 29.0. The van der Waals surface area contributed by atoms with E-state index in [1.807, 2.05) is 48.6 Å². The summed E-state index contributed by atoms with van der Waals surface area (Å²) in [6.45, 7) is 0. The molecule has 7 N–H and O–H groups in total. The predicted molar refractivity (Wildman–Crippen MR) is 223 cm³/mol. The van der Waals surface area contributed by atoms with Crippen LogP contribution in [0.15, 0.2) is 151 Å². The molecule has 0 saturated carbocycles. The molecular formula is C48H32N4O8. The third-order valence-corrected chi connectivity index (χ3v) is 10.7. The summed E-state index contributed by atoms with van der Waals surface area (Å²) < 4.78 is 0. The molecule has 1 atom stereocenters. The monoisotopic (exact) mass is 792 g/mol. The van der Waals surface area contributed by atoms with E-state index in [1.54, 1.807) is 84.9 Å². The molecule has 1 unspecified atom stereocenters. The van der Waals surface area contributed by atoms with Crippen LogP contribution in [0, 0.1) is 0 Å². The van der Waals surface area contributed by atoms with Crippen LogP contribution in [-0.4, -0.2) is 71.0 Å². The molecule has 8 bridgehead atoms. The van der Waals surface area contributed by atoms with Crippen LogP contribution in [0.4, 0.5) is 0 Å². The standard InChI is InChI=1S/C48H32N4O8/c53-45(54)29-9-1-25(2-10-29)41-33-17-19-35(49-33)42(26-3-11-30(12-4-26)46(55)56)37-21-23-39(51-37)44(28-7-15-32(16-8-28)48(59)60)40-24-22-38(52-40)43(36-20-18-34(41)50-36)27-5-13-31(14-6-27)47(57)58/h1-24,33,50-52H,(H,53,54)(H,55,56)(H,57,58)(H,59,60)/b41-34?,42-37-,43-36-,44-39-. The maximum absolute atomic E-state index is 11.8. The predicted octanol–water partition coefficient (Wildman–Crippen LogP) is 4.75. The van der Waals surface area contributed by atoms with Crippen LogP contribution in [0.1, 0.15) is 75.1 Å². The van der Waals surface area contributed by atoms with Crippen molar-refractivity contribution in [3.8, 4) is 0 Å². The zero-order valence-electron chi connectivity index (χ0n) is 31.3. The summed E-state index contributed by atoms with van der Waals surface area (Å²) in [4.78, 5) is 63.4. The first-order valence-corrected chi connectivity index (χ1v) is 18.7. The Labute approximate surface area is 339 Å². The number of H-pyrrole nitrogens is 3. The van der Waals surface area contributed by atoms with E-state index in [-0.39, 0.29) is 22.3 Å². The fourth-order valence-electron chi connectivity index (χ4n) is 7.77. The van der Waals surface area contributed by atoms with Gasteiger partial charge in [-0.25, -0.2) is 19.2 Å². The van der Waals surface area contributed by atoms with E-state index in [0.717, 1.165) is 33.4 Å². The Hall–Kier alpha value is -8.51. The van der Waals surface area contributed by atoms with Crippen molar-refractivity contribution in [3.05, 3.63) is 223 Å². The molecule has 2 aliphatic rings. The van der Waals surface area contributed by atoms with Crippen LogP contribution >= 0.6 is 0 Å². The van der Waals surface area contributed by atoms with Crippen LogP contribution in [0.2, 0.25) is 0 Å². The lowest BCUT2D eigenvalue weighted by atomic mass is 9.97. The van der Waals surface area contributed by atoms with Gasteiger partial charge in [-0.15, -0.1) is 0 Å². The molecule has 0 saturated heterocycles. The largest absolute Gasteiger partial charge is 0.478 e. The van der Waals surface area contributed by atoms with E-state index < -0.39 is 29.9 Å². The Balaban J connectivity index is 1.38. The Kier molecular flexibility index (Phi) is 9.13. The summed E-state index contributed by atoms with van der Waals surface area (Å²) >= 11 is 0. The van der Waals surface area contributed by atoms with Crippen molar-refractivity contribution in [1.82, 2.24) is 15.0 Å². The lowest BCUT2D eigenvalue weighted by Gasteiger charge is -2.13. The quantitative estimate of drug-likeness (QED) is 0.114. The highest BCUT2D eigenvalue weighted by atomic mass is 16.4. The van der Waals surface area contributed by atoms with Gasteiger partial charge in [0.05, 0.1) is 34.0 Å². The number of carbonyl (C=O) groups is 4. The number of aromatic carboxylic acids is 4. The summed E-state index contributed by atoms with van der Waals surface area (Å²) in [6, 6.07) is 37.3. The molecule has 12 nitrogen and oxygen atoms in total. The van der Waals surface area contributed by atoms with Gasteiger partial charge in [-0.05, 0) is 113 Å². The van der Waals surface area contributed by atoms with Crippen molar-refractivity contribution in [1.29, 1.82) is 0 Å². The summed E-state index contributed by atoms with van der Waals surface area (Å²) in [6.07, 6.45) is 3.87. The van der Waals surface area contributed by atoms with Crippen molar-refractivity contribution >= 4 is 51.9 Å². The molecule has 0 radical (unpaired) electrons. The Bertz CT molecular complexity index is 3240. The molecule has 3 aromatic heterocycles. The fourth-order valence-corrected chi connectivity index (χ4v) is 7.77. The second-order valence-corrected chi connectivity index (χ2v) is 14.2. The van der Waals surface area contributed by atoms with Gasteiger partial charge in [0.15, 0.2) is 0 Å². The van der Waals surface area contributed by atoms with Gasteiger partial charge < -0.3 is 35.4 Å². The highest BCUT2D eigenvalue weighted by molar-refractivity contribution is 6.30. The topological polar surface area (TPSA) is 209 Å². The fraction of sp³-hybridized carbons (Fsp3) is 0.0208. The molecule has 9 rings (SSSR count). The Morgan fingerprint density at radius 2 is 0.750 bits per heavy atom. The minimum atomic E-state index is -1.06. The van der Waals surface area contributed by atoms with Crippen molar-refractivity contribution in [2.75, 3.05) is 0 Å². The van der Waals surface area contributed by atoms with E-state index in [1.165, 1.54) is 12.1 Å². The number of nitrogens with zero attached hydrogens (tertiary/aromatic N) is 1. The number of aromatic nitrogens is 3. The Morgan fingerprint density at radius 3 is 1.17 bits per heavy atom. The normalized spacial score (nSPS) is 17.3. The van der Waals surface area contributed by atoms with E-state index >= 15 is 0 Å². The van der Waals surface area contributed by atoms with Crippen LogP contribution in [-0.2, 0) is 0 Å². The van der Waals surface area contributed by atoms with E-state index in [9.17, 15) is 39.6 Å². The molecule has 5 heterocycles. The number of nitrogens with one attached hydrogen (secondary N) is 3. The summed E-state index contributed by atoms with van der Waals surface area (Å²) in [7, 11) is 0. The SMILES string of the molecule is O=C(O)c1ccc(C2=c3cc/c([nH]3)=C(\c3ccc(C(=O)O)cc3)c3ccc([nH]3)/C(c3ccc(C(=O)O)cc3)=c3/cc/c([nH]3)=C(\c3ccc(C(=O)O)cc3)C3=NC2C=C3)cc1. The van der Waals surface area contributed by atoms with Crippen LogP contribution in [0.5, 0.6) is 0 Å². The molecule has 2 aliphatic heterocycles. The van der Waals surface area contributed by atoms with Gasteiger partial charge in [0.1, 0.15) is 0 Å². The van der Waals surface area contributed by atoms with Crippen molar-refractivity contribution in [2.24, 2.45) is 4.99 Å². The first-order valence-electron chi connectivity index (χ1n) is 18.7. The van der Waals surface area contributed by atoms with Gasteiger partial charge in [0.25, 0.3) is 0 Å². The minimum Gasteiger partial charge on any atom is -0.478 e. The molecule has 0 amide bonds. The number of carboxylic acids is 4. The third kappa shape index (κ3) is 6.73. The smallest absolute Gasteiger partial charge is 0.335 e. The van der Waals surface area contributed by atoms with Crippen LogP contribution in [0.3, 0.4) is 0 Å². The number of carboxylic acid groups (broad SMARTS) is 4. The maximum Gasteiger partial charge on any atom is 0.335 e. The number of allylic oxidation sites excluding steroid dienone is 1. The van der Waals surface area contributed by atoms with E-state index in [0.29, 0.717) is 49.6 Å². The maximum atomic E-state index is 11.8. The van der Waals surface area contributed by atoms with Gasteiger partial charge in [-0.3, -0.25) is 4.99 Å². The highest BCUT2D eigenvalue weighted by Gasteiger charge is 2.24. The molecular weight excluding hydrogens is 761 g/mol. The second kappa shape index (κ2) is 14.8. The molecule has 4 aromatic carbocycles. The van der Waals surface area contributed by atoms with E-state index in [2.05, 4.69) is 15.0 Å². The number of rotatable bonds is 8. The van der Waals surface area contributed by atoms with Gasteiger partial charge in [-0.2, -0.15) is 0 Å². The van der Waals surface area contributed by atoms with Crippen LogP contribution < -0.4 is 21.4 Å². The molecule has 12 heteroatoms. The third-order valence-electron chi connectivity index (χ3n) is 10.7. The summed E-state index contributed by atoms with van der Waals surface area (Å²) in [5.74, 6) is -4.22. The second-order valence-electron chi connectivity index (χ2n) is 14.2. The number of aromatic amines is 3. The Morgan fingerprint density at radius 1 is 0.400 bits per heavy atom. The van der Waals surface area contributed by atoms with Crippen molar-refractivity contribution in [2.45, 2.75) is 6.04 Å². The number of fused-ring (bicyclic) bond motifs is 7. The van der Waals surface area contributed by atoms with Crippen LogP contribution in [0.25, 0.3) is 22.3 Å². The lowest BCUT2D eigenvalue weighted by molar-refractivity contribution is 0.0686. The van der Waals surface area contributed by atoms with Crippen molar-refractivity contribution in [3.63, 3.8) is 0 Å². The minimum absolute atomic E-state index is 0.126. The zero-order chi connectivity index (χ0) is 41.7. The number of hydrogen-bond donors (Lipinski definition) is 7. The van der Waals surface area contributed by atoms with Gasteiger partial charge in [-0.1, -0.05) is 54.6 Å². The molecule has 60 heavy (non-hydrogen) atoms. The molecule has 0 fully saturated rings. The molecule has 7 aromatic rings. The zero-order valence-corrected chi connectivity index (χ0v) is 31.3. The van der Waals surface area contributed by atoms with Gasteiger partial charge >= 0.3 is 23.9 Å². The summed E-state index contributed by atoms with van der Waals surface area (Å²) in [5.41, 5.74) is 8.30. The highest BCUT2D eigenvalue weighted by Crippen LogP contribution is 2.29. The van der Waals surface area contributed by atoms with Gasteiger partial charge in [0.2, 0.25) is 0 Å². The average Bonchev–Trinajstić information content (AvgIpc) is 4.10. The molecule has 0 aliphatic carbocycles. The van der Waals surface area contributed by atoms with Crippen molar-refractivity contribution < 1.29 is 39.6 Å². The number of aliphatic imine (C=N–C) groups is 1.